The lowest BCUT2D eigenvalue weighted by molar-refractivity contribution is -0.108. The predicted octanol–water partition coefficient (Wildman–Crippen LogP) is 5.40. The molecule has 0 saturated heterocycles. The third kappa shape index (κ3) is 4.76. The first-order chi connectivity index (χ1) is 16.6. The van der Waals surface area contributed by atoms with Gasteiger partial charge in [-0.25, -0.2) is 27.7 Å². The summed E-state index contributed by atoms with van der Waals surface area (Å²) >= 11 is 0. The summed E-state index contributed by atoms with van der Waals surface area (Å²) in [5, 5.41) is 10.6. The minimum Gasteiger partial charge on any atom is -0.385 e. The van der Waals surface area contributed by atoms with E-state index in [0.717, 1.165) is 39.9 Å². The standard InChI is InChI=1S/C26H29F3N6/c1-16(21-13-31-24(34-18(21)3)32-15-25(27)6-4-7-25)20-5-8-35-23(9-20)22(14-33-35)17(2)30-12-19-10-26(28,29)11-19/h5,8-9,13-14,19,30H,1-2,4,6-7,10-12,15H2,3H3,(H,31,32,34). The summed E-state index contributed by atoms with van der Waals surface area (Å²) in [7, 11) is 0. The molecule has 184 valence electrons. The molecule has 2 fully saturated rings. The van der Waals surface area contributed by atoms with Crippen LogP contribution in [0.3, 0.4) is 0 Å². The highest BCUT2D eigenvalue weighted by molar-refractivity contribution is 5.83. The molecule has 35 heavy (non-hydrogen) atoms. The number of alkyl halides is 3. The molecule has 0 amide bonds. The van der Waals surface area contributed by atoms with Crippen LogP contribution >= 0.6 is 0 Å². The molecule has 0 radical (unpaired) electrons. The van der Waals surface area contributed by atoms with Crippen LogP contribution in [0, 0.1) is 12.8 Å². The maximum Gasteiger partial charge on any atom is 0.248 e. The fourth-order valence-corrected chi connectivity index (χ4v) is 4.67. The minimum absolute atomic E-state index is 0.0523. The molecule has 0 unspecified atom stereocenters. The number of rotatable bonds is 9. The van der Waals surface area contributed by atoms with Crippen molar-refractivity contribution >= 4 is 22.7 Å². The van der Waals surface area contributed by atoms with Crippen molar-refractivity contribution in [2.45, 2.75) is 50.6 Å². The average molecular weight is 483 g/mol. The van der Waals surface area contributed by atoms with Crippen molar-refractivity contribution in [3.05, 3.63) is 66.3 Å². The zero-order chi connectivity index (χ0) is 24.8. The second-order valence-electron chi connectivity index (χ2n) is 9.82. The molecule has 0 aliphatic heterocycles. The average Bonchev–Trinajstić information content (AvgIpc) is 3.21. The lowest BCUT2D eigenvalue weighted by Crippen LogP contribution is -2.40. The third-order valence-corrected chi connectivity index (χ3v) is 7.09. The first-order valence-corrected chi connectivity index (χ1v) is 11.9. The van der Waals surface area contributed by atoms with Gasteiger partial charge < -0.3 is 10.6 Å². The summed E-state index contributed by atoms with van der Waals surface area (Å²) in [6.45, 7) is 10.9. The quantitative estimate of drug-likeness (QED) is 0.427. The largest absolute Gasteiger partial charge is 0.385 e. The number of fused-ring (bicyclic) bond motifs is 1. The van der Waals surface area contributed by atoms with Crippen molar-refractivity contribution in [3.63, 3.8) is 0 Å². The second-order valence-corrected chi connectivity index (χ2v) is 9.82. The fourth-order valence-electron chi connectivity index (χ4n) is 4.67. The van der Waals surface area contributed by atoms with Gasteiger partial charge in [0.05, 0.1) is 24.0 Å². The molecule has 3 aromatic heterocycles. The number of hydrogen-bond acceptors (Lipinski definition) is 5. The van der Waals surface area contributed by atoms with E-state index in [-0.39, 0.29) is 25.3 Å². The molecule has 0 atom stereocenters. The van der Waals surface area contributed by atoms with Crippen LogP contribution in [0.4, 0.5) is 19.1 Å². The normalized spacial score (nSPS) is 18.5. The van der Waals surface area contributed by atoms with E-state index in [2.05, 4.69) is 38.9 Å². The molecule has 3 aromatic rings. The van der Waals surface area contributed by atoms with Crippen molar-refractivity contribution in [3.8, 4) is 0 Å². The predicted molar refractivity (Wildman–Crippen MR) is 131 cm³/mol. The van der Waals surface area contributed by atoms with Crippen molar-refractivity contribution in [2.75, 3.05) is 18.4 Å². The molecule has 2 aliphatic rings. The number of aryl methyl sites for hydroxylation is 1. The molecule has 2 aliphatic carbocycles. The maximum atomic E-state index is 14.3. The van der Waals surface area contributed by atoms with Gasteiger partial charge in [-0.15, -0.1) is 0 Å². The number of nitrogens with zero attached hydrogens (tertiary/aromatic N) is 4. The lowest BCUT2D eigenvalue weighted by atomic mass is 9.81. The molecule has 2 N–H and O–H groups in total. The number of halogens is 3. The summed E-state index contributed by atoms with van der Waals surface area (Å²) in [6.07, 6.45) is 7.15. The highest BCUT2D eigenvalue weighted by atomic mass is 19.3. The maximum absolute atomic E-state index is 14.3. The monoisotopic (exact) mass is 482 g/mol. The van der Waals surface area contributed by atoms with E-state index in [0.29, 0.717) is 31.0 Å². The van der Waals surface area contributed by atoms with Gasteiger partial charge in [-0.3, -0.25) is 0 Å². The third-order valence-electron chi connectivity index (χ3n) is 7.09. The Hall–Kier alpha value is -3.36. The lowest BCUT2D eigenvalue weighted by Gasteiger charge is -2.35. The van der Waals surface area contributed by atoms with Gasteiger partial charge in [-0.1, -0.05) is 13.2 Å². The van der Waals surface area contributed by atoms with E-state index < -0.39 is 11.6 Å². The van der Waals surface area contributed by atoms with Crippen LogP contribution < -0.4 is 10.6 Å². The van der Waals surface area contributed by atoms with Gasteiger partial charge in [0.15, 0.2) is 0 Å². The number of nitrogens with one attached hydrogen (secondary N) is 2. The SMILES string of the molecule is C=C(c1ccn2ncc(C(=C)NCC3CC(F)(F)C3)c2c1)c1cnc(NCC2(F)CCC2)nc1C. The van der Waals surface area contributed by atoms with Crippen LogP contribution in [0.15, 0.2) is 43.9 Å². The van der Waals surface area contributed by atoms with E-state index in [1.165, 1.54) is 0 Å². The van der Waals surface area contributed by atoms with Gasteiger partial charge in [0.25, 0.3) is 0 Å². The fraction of sp³-hybridized carbons (Fsp3) is 0.423. The van der Waals surface area contributed by atoms with E-state index in [9.17, 15) is 13.2 Å². The summed E-state index contributed by atoms with van der Waals surface area (Å²) in [5.41, 5.74) is 4.27. The topological polar surface area (TPSA) is 67.1 Å². The Morgan fingerprint density at radius 1 is 1.17 bits per heavy atom. The van der Waals surface area contributed by atoms with Crippen molar-refractivity contribution in [2.24, 2.45) is 5.92 Å². The van der Waals surface area contributed by atoms with Crippen molar-refractivity contribution in [1.82, 2.24) is 24.9 Å². The van der Waals surface area contributed by atoms with Crippen LogP contribution in [0.5, 0.6) is 0 Å². The molecule has 6 nitrogen and oxygen atoms in total. The number of pyridine rings is 1. The van der Waals surface area contributed by atoms with Gasteiger partial charge >= 0.3 is 0 Å². The van der Waals surface area contributed by atoms with Crippen LogP contribution in [-0.4, -0.2) is 44.3 Å². The van der Waals surface area contributed by atoms with Gasteiger partial charge in [-0.2, -0.15) is 5.10 Å². The van der Waals surface area contributed by atoms with E-state index in [4.69, 9.17) is 0 Å². The molecule has 9 heteroatoms. The molecular weight excluding hydrogens is 453 g/mol. The van der Waals surface area contributed by atoms with Crippen molar-refractivity contribution < 1.29 is 13.2 Å². The Labute approximate surface area is 202 Å². The second kappa shape index (κ2) is 8.70. The summed E-state index contributed by atoms with van der Waals surface area (Å²) in [5.74, 6) is -2.18. The van der Waals surface area contributed by atoms with Crippen LogP contribution in [0.2, 0.25) is 0 Å². The minimum atomic E-state index is -2.53. The molecule has 2 saturated carbocycles. The highest BCUT2D eigenvalue weighted by Crippen LogP contribution is 2.42. The number of anilines is 1. The molecule has 0 aromatic carbocycles. The summed E-state index contributed by atoms with van der Waals surface area (Å²) in [4.78, 5) is 8.86. The zero-order valence-corrected chi connectivity index (χ0v) is 19.8. The Morgan fingerprint density at radius 2 is 1.94 bits per heavy atom. The summed E-state index contributed by atoms with van der Waals surface area (Å²) in [6, 6.07) is 3.87. The molecule has 0 spiro atoms. The van der Waals surface area contributed by atoms with Crippen LogP contribution in [0.1, 0.15) is 54.5 Å². The number of hydrogen-bond donors (Lipinski definition) is 2. The summed E-state index contributed by atoms with van der Waals surface area (Å²) < 4.78 is 42.2. The molecule has 5 rings (SSSR count). The molecule has 0 bridgehead atoms. The zero-order valence-electron chi connectivity index (χ0n) is 19.8. The van der Waals surface area contributed by atoms with E-state index >= 15 is 0 Å². The van der Waals surface area contributed by atoms with Crippen LogP contribution in [-0.2, 0) is 0 Å². The molecular formula is C26H29F3N6. The van der Waals surface area contributed by atoms with Gasteiger partial charge in [0.2, 0.25) is 11.9 Å². The van der Waals surface area contributed by atoms with Crippen LogP contribution in [0.25, 0.3) is 16.8 Å². The Bertz CT molecular complexity index is 1290. The first kappa shape index (κ1) is 23.4. The van der Waals surface area contributed by atoms with Gasteiger partial charge in [0.1, 0.15) is 5.67 Å². The van der Waals surface area contributed by atoms with E-state index in [1.807, 2.05) is 25.3 Å². The smallest absolute Gasteiger partial charge is 0.248 e. The van der Waals surface area contributed by atoms with E-state index in [1.54, 1.807) is 16.9 Å². The number of aromatic nitrogens is 4. The Morgan fingerprint density at radius 3 is 2.60 bits per heavy atom. The van der Waals surface area contributed by atoms with Gasteiger partial charge in [0, 0.05) is 48.6 Å². The first-order valence-electron chi connectivity index (χ1n) is 11.9. The molecule has 3 heterocycles. The van der Waals surface area contributed by atoms with Gasteiger partial charge in [-0.05, 0) is 55.4 Å². The highest BCUT2D eigenvalue weighted by Gasteiger charge is 2.44. The Kier molecular flexibility index (Phi) is 5.81. The van der Waals surface area contributed by atoms with Crippen molar-refractivity contribution in [1.29, 1.82) is 0 Å². The Balaban J connectivity index is 1.29.